The summed E-state index contributed by atoms with van der Waals surface area (Å²) in [6.07, 6.45) is 0. The first-order valence-electron chi connectivity index (χ1n) is 5.24. The van der Waals surface area contributed by atoms with Gasteiger partial charge in [0.25, 0.3) is 0 Å². The molecule has 2 aromatic rings. The van der Waals surface area contributed by atoms with E-state index >= 15 is 0 Å². The second-order valence-corrected chi connectivity index (χ2v) is 4.25. The van der Waals surface area contributed by atoms with Gasteiger partial charge in [-0.3, -0.25) is 0 Å². The van der Waals surface area contributed by atoms with Crippen molar-refractivity contribution in [3.05, 3.63) is 35.7 Å². The number of hydrogen-bond acceptors (Lipinski definition) is 4. The average molecular weight is 234 g/mol. The predicted molar refractivity (Wildman–Crippen MR) is 66.5 cm³/mol. The summed E-state index contributed by atoms with van der Waals surface area (Å²) >= 11 is 4.08. The smallest absolute Gasteiger partial charge is 0.247 e. The largest absolute Gasteiger partial charge is 0.420 e. The molecule has 4 heteroatoms. The van der Waals surface area contributed by atoms with Crippen molar-refractivity contribution in [2.24, 2.45) is 0 Å². The van der Waals surface area contributed by atoms with Crippen molar-refractivity contribution in [3.63, 3.8) is 0 Å². The third kappa shape index (κ3) is 2.27. The van der Waals surface area contributed by atoms with Gasteiger partial charge in [-0.15, -0.1) is 10.2 Å². The number of benzene rings is 1. The second kappa shape index (κ2) is 4.70. The molecular formula is C12H14N2OS. The van der Waals surface area contributed by atoms with E-state index in [9.17, 15) is 0 Å². The molecule has 1 heterocycles. The maximum Gasteiger partial charge on any atom is 0.247 e. The highest BCUT2D eigenvalue weighted by Gasteiger charge is 2.07. The summed E-state index contributed by atoms with van der Waals surface area (Å²) in [5.74, 6) is 2.10. The third-order valence-corrected chi connectivity index (χ3v) is 2.70. The van der Waals surface area contributed by atoms with E-state index < -0.39 is 0 Å². The van der Waals surface area contributed by atoms with Crippen LogP contribution in [0.5, 0.6) is 0 Å². The highest BCUT2D eigenvalue weighted by molar-refractivity contribution is 7.79. The van der Waals surface area contributed by atoms with E-state index in [-0.39, 0.29) is 0 Å². The van der Waals surface area contributed by atoms with Gasteiger partial charge in [-0.25, -0.2) is 0 Å². The van der Waals surface area contributed by atoms with Crippen LogP contribution in [0.1, 0.15) is 31.2 Å². The van der Waals surface area contributed by atoms with Crippen molar-refractivity contribution in [2.45, 2.75) is 25.5 Å². The SMILES string of the molecule is CC(C)c1ccc(-c2nnc(CS)o2)cc1. The van der Waals surface area contributed by atoms with Gasteiger partial charge in [0.1, 0.15) is 0 Å². The number of hydrogen-bond donors (Lipinski definition) is 1. The maximum absolute atomic E-state index is 5.42. The molecule has 3 nitrogen and oxygen atoms in total. The van der Waals surface area contributed by atoms with Gasteiger partial charge in [-0.1, -0.05) is 26.0 Å². The minimum Gasteiger partial charge on any atom is -0.420 e. The Morgan fingerprint density at radius 1 is 1.19 bits per heavy atom. The summed E-state index contributed by atoms with van der Waals surface area (Å²) in [5, 5.41) is 7.84. The van der Waals surface area contributed by atoms with Crippen molar-refractivity contribution >= 4 is 12.6 Å². The molecule has 0 saturated carbocycles. The van der Waals surface area contributed by atoms with E-state index in [0.29, 0.717) is 23.5 Å². The molecule has 0 unspecified atom stereocenters. The lowest BCUT2D eigenvalue weighted by molar-refractivity contribution is 0.529. The molecule has 0 atom stereocenters. The molecule has 84 valence electrons. The lowest BCUT2D eigenvalue weighted by atomic mass is 10.0. The molecule has 0 bridgehead atoms. The second-order valence-electron chi connectivity index (χ2n) is 3.94. The average Bonchev–Trinajstić information content (AvgIpc) is 2.77. The van der Waals surface area contributed by atoms with E-state index in [4.69, 9.17) is 4.42 Å². The van der Waals surface area contributed by atoms with Gasteiger partial charge < -0.3 is 4.42 Å². The van der Waals surface area contributed by atoms with E-state index in [2.05, 4.69) is 48.8 Å². The van der Waals surface area contributed by atoms with Crippen LogP contribution in [0.2, 0.25) is 0 Å². The van der Waals surface area contributed by atoms with Crippen LogP contribution < -0.4 is 0 Å². The van der Waals surface area contributed by atoms with Gasteiger partial charge in [0.05, 0.1) is 5.75 Å². The van der Waals surface area contributed by atoms with Gasteiger partial charge in [-0.2, -0.15) is 12.6 Å². The zero-order valence-electron chi connectivity index (χ0n) is 9.34. The maximum atomic E-state index is 5.42. The summed E-state index contributed by atoms with van der Waals surface area (Å²) in [6.45, 7) is 4.33. The number of rotatable bonds is 3. The van der Waals surface area contributed by atoms with Crippen LogP contribution >= 0.6 is 12.6 Å². The molecule has 1 aromatic heterocycles. The Morgan fingerprint density at radius 3 is 2.38 bits per heavy atom. The molecule has 0 spiro atoms. The lowest BCUT2D eigenvalue weighted by Crippen LogP contribution is -1.86. The first kappa shape index (κ1) is 11.2. The zero-order chi connectivity index (χ0) is 11.5. The Labute approximate surface area is 100 Å². The normalized spacial score (nSPS) is 11.0. The molecule has 0 aliphatic heterocycles. The van der Waals surface area contributed by atoms with Crippen LogP contribution in [0, 0.1) is 0 Å². The first-order chi connectivity index (χ1) is 7.70. The van der Waals surface area contributed by atoms with E-state index in [0.717, 1.165) is 5.56 Å². The fourth-order valence-electron chi connectivity index (χ4n) is 1.44. The minimum absolute atomic E-state index is 0.469. The molecule has 0 aliphatic rings. The summed E-state index contributed by atoms with van der Waals surface area (Å²) < 4.78 is 5.42. The summed E-state index contributed by atoms with van der Waals surface area (Å²) in [7, 11) is 0. The van der Waals surface area contributed by atoms with Gasteiger partial charge in [0, 0.05) is 5.56 Å². The van der Waals surface area contributed by atoms with E-state index in [1.54, 1.807) is 0 Å². The molecule has 0 amide bonds. The number of thiol groups is 1. The van der Waals surface area contributed by atoms with E-state index in [1.807, 2.05) is 12.1 Å². The Bertz CT molecular complexity index is 462. The monoisotopic (exact) mass is 234 g/mol. The highest BCUT2D eigenvalue weighted by Crippen LogP contribution is 2.21. The van der Waals surface area contributed by atoms with E-state index in [1.165, 1.54) is 5.56 Å². The minimum atomic E-state index is 0.469. The van der Waals surface area contributed by atoms with Crippen molar-refractivity contribution in [3.8, 4) is 11.5 Å². The molecule has 0 N–H and O–H groups in total. The van der Waals surface area contributed by atoms with Gasteiger partial charge in [0.15, 0.2) is 0 Å². The highest BCUT2D eigenvalue weighted by atomic mass is 32.1. The van der Waals surface area contributed by atoms with Crippen LogP contribution in [0.4, 0.5) is 0 Å². The number of nitrogens with zero attached hydrogens (tertiary/aromatic N) is 2. The molecular weight excluding hydrogens is 220 g/mol. The molecule has 1 aromatic carbocycles. The van der Waals surface area contributed by atoms with Crippen molar-refractivity contribution in [1.29, 1.82) is 0 Å². The van der Waals surface area contributed by atoms with Crippen LogP contribution in [-0.2, 0) is 5.75 Å². The first-order valence-corrected chi connectivity index (χ1v) is 5.87. The van der Waals surface area contributed by atoms with Gasteiger partial charge >= 0.3 is 0 Å². The quantitative estimate of drug-likeness (QED) is 0.828. The molecule has 16 heavy (non-hydrogen) atoms. The Kier molecular flexibility index (Phi) is 3.29. The van der Waals surface area contributed by atoms with Crippen molar-refractivity contribution < 1.29 is 4.42 Å². The summed E-state index contributed by atoms with van der Waals surface area (Å²) in [5.41, 5.74) is 2.25. The predicted octanol–water partition coefficient (Wildman–Crippen LogP) is 3.29. The van der Waals surface area contributed by atoms with Crippen molar-refractivity contribution in [2.75, 3.05) is 0 Å². The Balaban J connectivity index is 2.27. The van der Waals surface area contributed by atoms with Gasteiger partial charge in [0.2, 0.25) is 11.8 Å². The molecule has 0 fully saturated rings. The van der Waals surface area contributed by atoms with Gasteiger partial charge in [-0.05, 0) is 23.6 Å². The van der Waals surface area contributed by atoms with Crippen LogP contribution in [-0.4, -0.2) is 10.2 Å². The van der Waals surface area contributed by atoms with Crippen LogP contribution in [0.25, 0.3) is 11.5 Å². The molecule has 0 aliphatic carbocycles. The lowest BCUT2D eigenvalue weighted by Gasteiger charge is -2.04. The van der Waals surface area contributed by atoms with Crippen molar-refractivity contribution in [1.82, 2.24) is 10.2 Å². The fraction of sp³-hybridized carbons (Fsp3) is 0.333. The zero-order valence-corrected chi connectivity index (χ0v) is 10.2. The Morgan fingerprint density at radius 2 is 1.88 bits per heavy atom. The summed E-state index contributed by atoms with van der Waals surface area (Å²) in [4.78, 5) is 0. The molecule has 0 radical (unpaired) electrons. The Hall–Kier alpha value is -1.29. The number of aromatic nitrogens is 2. The fourth-order valence-corrected chi connectivity index (χ4v) is 1.57. The summed E-state index contributed by atoms with van der Waals surface area (Å²) in [6, 6.07) is 8.19. The third-order valence-electron chi connectivity index (χ3n) is 2.43. The topological polar surface area (TPSA) is 38.9 Å². The van der Waals surface area contributed by atoms with Crippen LogP contribution in [0.3, 0.4) is 0 Å². The standard InChI is InChI=1S/C12H14N2OS/c1-8(2)9-3-5-10(6-4-9)12-14-13-11(7-16)15-12/h3-6,8,16H,7H2,1-2H3. The molecule has 2 rings (SSSR count). The van der Waals surface area contributed by atoms with Crippen LogP contribution in [0.15, 0.2) is 28.7 Å². The molecule has 0 saturated heterocycles.